The zero-order valence-corrected chi connectivity index (χ0v) is 18.5. The van der Waals surface area contributed by atoms with Crippen LogP contribution in [0.25, 0.3) is 0 Å². The maximum Gasteiger partial charge on any atom is 0.133 e. The van der Waals surface area contributed by atoms with Gasteiger partial charge in [-0.1, -0.05) is 60.5 Å². The van der Waals surface area contributed by atoms with Crippen molar-refractivity contribution in [3.05, 3.63) is 99.0 Å². The average molecular weight is 439 g/mol. The van der Waals surface area contributed by atoms with E-state index in [2.05, 4.69) is 30.4 Å². The molecule has 5 heteroatoms. The van der Waals surface area contributed by atoms with Gasteiger partial charge in [-0.3, -0.25) is 4.99 Å². The molecule has 0 spiro atoms. The summed E-state index contributed by atoms with van der Waals surface area (Å²) < 4.78 is 5.95. The average Bonchev–Trinajstić information content (AvgIpc) is 3.20. The van der Waals surface area contributed by atoms with Crippen LogP contribution in [0.5, 0.6) is 5.75 Å². The van der Waals surface area contributed by atoms with Gasteiger partial charge in [-0.05, 0) is 66.4 Å². The molecule has 0 bridgehead atoms. The molecule has 0 radical (unpaired) electrons. The summed E-state index contributed by atoms with van der Waals surface area (Å²) in [7, 11) is 0. The summed E-state index contributed by atoms with van der Waals surface area (Å²) >= 11 is 12.2. The van der Waals surface area contributed by atoms with E-state index in [0.717, 1.165) is 39.7 Å². The van der Waals surface area contributed by atoms with Gasteiger partial charge in [0.2, 0.25) is 0 Å². The highest BCUT2D eigenvalue weighted by Crippen LogP contribution is 2.39. The van der Waals surface area contributed by atoms with Gasteiger partial charge < -0.3 is 10.1 Å². The highest BCUT2D eigenvalue weighted by molar-refractivity contribution is 6.30. The van der Waals surface area contributed by atoms with Gasteiger partial charge in [0, 0.05) is 10.0 Å². The van der Waals surface area contributed by atoms with Crippen LogP contribution in [0.15, 0.2) is 71.7 Å². The summed E-state index contributed by atoms with van der Waals surface area (Å²) in [6.45, 7) is 4.75. The topological polar surface area (TPSA) is 33.6 Å². The number of ether oxygens (including phenoxy) is 1. The van der Waals surface area contributed by atoms with Crippen molar-refractivity contribution in [3.8, 4) is 5.75 Å². The van der Waals surface area contributed by atoms with Gasteiger partial charge in [-0.15, -0.1) is 0 Å². The van der Waals surface area contributed by atoms with Crippen LogP contribution in [0.4, 0.5) is 0 Å². The second kappa shape index (κ2) is 9.11. The van der Waals surface area contributed by atoms with E-state index in [9.17, 15) is 0 Å². The van der Waals surface area contributed by atoms with Gasteiger partial charge in [0.15, 0.2) is 0 Å². The number of amidine groups is 1. The molecule has 3 aromatic carbocycles. The van der Waals surface area contributed by atoms with Crippen molar-refractivity contribution >= 4 is 29.0 Å². The molecule has 0 saturated heterocycles. The molecule has 1 aliphatic rings. The van der Waals surface area contributed by atoms with E-state index in [0.29, 0.717) is 11.6 Å². The van der Waals surface area contributed by atoms with Crippen molar-refractivity contribution in [2.45, 2.75) is 32.4 Å². The molecule has 4 rings (SSSR count). The Morgan fingerprint density at radius 3 is 2.10 bits per heavy atom. The highest BCUT2D eigenvalue weighted by Gasteiger charge is 2.32. The predicted octanol–water partition coefficient (Wildman–Crippen LogP) is 6.79. The van der Waals surface area contributed by atoms with E-state index in [1.807, 2.05) is 55.5 Å². The predicted molar refractivity (Wildman–Crippen MR) is 125 cm³/mol. The largest absolute Gasteiger partial charge is 0.493 e. The zero-order chi connectivity index (χ0) is 21.1. The Bertz CT molecular complexity index is 1050. The molecule has 2 atom stereocenters. The molecule has 154 valence electrons. The normalized spacial score (nSPS) is 18.1. The first-order valence-corrected chi connectivity index (χ1v) is 11.0. The SMILES string of the molecule is CCOc1cc(CC)ccc1C1=N[C@H](c2ccc(Cl)cc2)[C@H](c2ccc(Cl)cc2)N1. The zero-order valence-electron chi connectivity index (χ0n) is 17.0. The van der Waals surface area contributed by atoms with E-state index >= 15 is 0 Å². The number of aliphatic imine (C=N–C) groups is 1. The van der Waals surface area contributed by atoms with E-state index in [1.165, 1.54) is 5.56 Å². The Kier molecular flexibility index (Phi) is 6.31. The molecule has 1 aliphatic heterocycles. The quantitative estimate of drug-likeness (QED) is 0.459. The number of hydrogen-bond acceptors (Lipinski definition) is 3. The Hall–Kier alpha value is -2.49. The number of nitrogens with one attached hydrogen (secondary N) is 1. The van der Waals surface area contributed by atoms with Crippen LogP contribution in [0, 0.1) is 0 Å². The molecular weight excluding hydrogens is 415 g/mol. The minimum absolute atomic E-state index is 0.0150. The fraction of sp³-hybridized carbons (Fsp3) is 0.240. The second-order valence-corrected chi connectivity index (χ2v) is 8.14. The van der Waals surface area contributed by atoms with Crippen molar-refractivity contribution in [1.82, 2.24) is 5.32 Å². The van der Waals surface area contributed by atoms with Crippen LogP contribution in [0.2, 0.25) is 10.0 Å². The molecular formula is C25H24Cl2N2O. The smallest absolute Gasteiger partial charge is 0.133 e. The summed E-state index contributed by atoms with van der Waals surface area (Å²) in [6.07, 6.45) is 0.959. The number of halogens is 2. The number of aryl methyl sites for hydroxylation is 1. The minimum atomic E-state index is -0.0845. The number of rotatable bonds is 6. The number of hydrogen-bond donors (Lipinski definition) is 1. The molecule has 0 amide bonds. The Morgan fingerprint density at radius 2 is 1.50 bits per heavy atom. The number of benzene rings is 3. The maximum absolute atomic E-state index is 6.12. The van der Waals surface area contributed by atoms with E-state index in [1.54, 1.807) is 0 Å². The molecule has 1 heterocycles. The van der Waals surface area contributed by atoms with Gasteiger partial charge in [0.05, 0.1) is 18.2 Å². The van der Waals surface area contributed by atoms with Crippen LogP contribution in [0.3, 0.4) is 0 Å². The summed E-state index contributed by atoms with van der Waals surface area (Å²) in [5, 5.41) is 5.07. The molecule has 0 saturated carbocycles. The first-order chi connectivity index (χ1) is 14.6. The van der Waals surface area contributed by atoms with Crippen molar-refractivity contribution in [2.24, 2.45) is 4.99 Å². The minimum Gasteiger partial charge on any atom is -0.493 e. The van der Waals surface area contributed by atoms with Gasteiger partial charge in [0.1, 0.15) is 17.6 Å². The maximum atomic E-state index is 6.12. The third kappa shape index (κ3) is 4.33. The first kappa shape index (κ1) is 20.8. The van der Waals surface area contributed by atoms with Gasteiger partial charge >= 0.3 is 0 Å². The summed E-state index contributed by atoms with van der Waals surface area (Å²) in [6, 6.07) is 22.0. The van der Waals surface area contributed by atoms with Gasteiger partial charge in [-0.25, -0.2) is 0 Å². The van der Waals surface area contributed by atoms with Crippen LogP contribution in [-0.4, -0.2) is 12.4 Å². The van der Waals surface area contributed by atoms with Crippen LogP contribution in [0.1, 0.15) is 48.2 Å². The van der Waals surface area contributed by atoms with Crippen molar-refractivity contribution in [2.75, 3.05) is 6.61 Å². The van der Waals surface area contributed by atoms with Crippen molar-refractivity contribution in [3.63, 3.8) is 0 Å². The molecule has 0 unspecified atom stereocenters. The third-order valence-electron chi connectivity index (χ3n) is 5.33. The first-order valence-electron chi connectivity index (χ1n) is 10.2. The number of nitrogens with zero attached hydrogens (tertiary/aromatic N) is 1. The molecule has 3 aromatic rings. The molecule has 0 fully saturated rings. The fourth-order valence-corrected chi connectivity index (χ4v) is 4.00. The van der Waals surface area contributed by atoms with Crippen molar-refractivity contribution in [1.29, 1.82) is 0 Å². The molecule has 0 aromatic heterocycles. The van der Waals surface area contributed by atoms with Crippen LogP contribution >= 0.6 is 23.2 Å². The lowest BCUT2D eigenvalue weighted by Gasteiger charge is -2.20. The molecule has 3 nitrogen and oxygen atoms in total. The molecule has 30 heavy (non-hydrogen) atoms. The Balaban J connectivity index is 1.76. The summed E-state index contributed by atoms with van der Waals surface area (Å²) in [5.74, 6) is 1.69. The highest BCUT2D eigenvalue weighted by atomic mass is 35.5. The lowest BCUT2D eigenvalue weighted by molar-refractivity contribution is 0.339. The monoisotopic (exact) mass is 438 g/mol. The van der Waals surface area contributed by atoms with E-state index in [4.69, 9.17) is 32.9 Å². The third-order valence-corrected chi connectivity index (χ3v) is 5.83. The fourth-order valence-electron chi connectivity index (χ4n) is 3.74. The Morgan fingerprint density at radius 1 is 0.867 bits per heavy atom. The van der Waals surface area contributed by atoms with Gasteiger partial charge in [0.25, 0.3) is 0 Å². The lowest BCUT2D eigenvalue weighted by Crippen LogP contribution is -2.25. The van der Waals surface area contributed by atoms with E-state index < -0.39 is 0 Å². The van der Waals surface area contributed by atoms with Gasteiger partial charge in [-0.2, -0.15) is 0 Å². The Labute approximate surface area is 187 Å². The second-order valence-electron chi connectivity index (χ2n) is 7.26. The van der Waals surface area contributed by atoms with Crippen molar-refractivity contribution < 1.29 is 4.74 Å². The summed E-state index contributed by atoms with van der Waals surface area (Å²) in [4.78, 5) is 5.09. The summed E-state index contributed by atoms with van der Waals surface area (Å²) in [5.41, 5.74) is 4.44. The van der Waals surface area contributed by atoms with Crippen LogP contribution < -0.4 is 10.1 Å². The lowest BCUT2D eigenvalue weighted by atomic mass is 9.95. The standard InChI is InChI=1S/C25H24Cl2N2O/c1-3-16-5-14-21(22(15-16)30-4-2)25-28-23(17-6-10-19(26)11-7-17)24(29-25)18-8-12-20(27)13-9-18/h5-15,23-24H,3-4H2,1-2H3,(H,28,29)/t23-,24+. The molecule has 1 N–H and O–H groups in total. The molecule has 0 aliphatic carbocycles. The van der Waals surface area contributed by atoms with E-state index in [-0.39, 0.29) is 12.1 Å². The van der Waals surface area contributed by atoms with Crippen LogP contribution in [-0.2, 0) is 6.42 Å².